The highest BCUT2D eigenvalue weighted by atomic mass is 35.5. The van der Waals surface area contributed by atoms with Crippen LogP contribution in [0.2, 0.25) is 5.02 Å². The summed E-state index contributed by atoms with van der Waals surface area (Å²) in [5, 5.41) is 0.710. The molecular weight excluding hydrogens is 198 g/mol. The number of nitrogens with two attached hydrogens (primary N) is 1. The van der Waals surface area contributed by atoms with Crippen LogP contribution in [-0.4, -0.2) is 6.61 Å². The molecule has 0 bridgehead atoms. The molecule has 0 unspecified atom stereocenters. The first kappa shape index (κ1) is 9.56. The van der Waals surface area contributed by atoms with Crippen molar-refractivity contribution in [1.82, 2.24) is 0 Å². The Hall–Kier alpha value is -0.990. The predicted octanol–water partition coefficient (Wildman–Crippen LogP) is 2.46. The number of fused-ring (bicyclic) bond motifs is 1. The topological polar surface area (TPSA) is 35.2 Å². The summed E-state index contributed by atoms with van der Waals surface area (Å²) in [4.78, 5) is 0. The molecule has 2 N–H and O–H groups in total. The highest BCUT2D eigenvalue weighted by Gasteiger charge is 2.19. The lowest BCUT2D eigenvalue weighted by atomic mass is 10.0. The minimum absolute atomic E-state index is 0.208. The minimum Gasteiger partial charge on any atom is -0.493 e. The maximum Gasteiger partial charge on any atom is 0.127 e. The van der Waals surface area contributed by atoms with Crippen LogP contribution in [0.15, 0.2) is 24.8 Å². The second kappa shape index (κ2) is 3.64. The summed E-state index contributed by atoms with van der Waals surface area (Å²) >= 11 is 5.98. The molecule has 0 aliphatic carbocycles. The van der Waals surface area contributed by atoms with Crippen LogP contribution in [0.25, 0.3) is 0 Å². The molecule has 74 valence electrons. The van der Waals surface area contributed by atoms with Crippen LogP contribution in [0.1, 0.15) is 17.2 Å². The molecule has 2 rings (SSSR count). The van der Waals surface area contributed by atoms with Gasteiger partial charge in [-0.3, -0.25) is 0 Å². The Morgan fingerprint density at radius 2 is 2.36 bits per heavy atom. The lowest BCUT2D eigenvalue weighted by Gasteiger charge is -2.12. The number of ether oxygens (including phenoxy) is 1. The lowest BCUT2D eigenvalue weighted by molar-refractivity contribution is 0.352. The van der Waals surface area contributed by atoms with E-state index in [0.29, 0.717) is 11.6 Å². The molecule has 0 saturated heterocycles. The normalized spacial score (nSPS) is 15.9. The van der Waals surface area contributed by atoms with E-state index in [1.165, 1.54) is 0 Å². The maximum absolute atomic E-state index is 5.98. The van der Waals surface area contributed by atoms with Crippen molar-refractivity contribution in [2.75, 3.05) is 6.61 Å². The molecular formula is C11H12ClNO. The first-order valence-electron chi connectivity index (χ1n) is 4.55. The fourth-order valence-corrected chi connectivity index (χ4v) is 1.92. The van der Waals surface area contributed by atoms with Gasteiger partial charge >= 0.3 is 0 Å². The zero-order valence-corrected chi connectivity index (χ0v) is 8.55. The largest absolute Gasteiger partial charge is 0.493 e. The van der Waals surface area contributed by atoms with Gasteiger partial charge in [-0.1, -0.05) is 17.7 Å². The highest BCUT2D eigenvalue weighted by molar-refractivity contribution is 6.30. The van der Waals surface area contributed by atoms with Crippen molar-refractivity contribution in [1.29, 1.82) is 0 Å². The number of benzene rings is 1. The number of hydrogen-bond donors (Lipinski definition) is 1. The zero-order valence-electron chi connectivity index (χ0n) is 7.79. The molecule has 1 heterocycles. The standard InChI is InChI=1S/C11H12ClNO/c1-2-10(13)9-6-8(12)5-7-3-4-14-11(7)9/h2,5-6,10H,1,3-4,13H2/t10-/m0/s1. The van der Waals surface area contributed by atoms with Gasteiger partial charge in [0, 0.05) is 17.0 Å². The van der Waals surface area contributed by atoms with Gasteiger partial charge in [-0.2, -0.15) is 0 Å². The fraction of sp³-hybridized carbons (Fsp3) is 0.273. The van der Waals surface area contributed by atoms with E-state index in [9.17, 15) is 0 Å². The van der Waals surface area contributed by atoms with E-state index in [2.05, 4.69) is 6.58 Å². The minimum atomic E-state index is -0.208. The van der Waals surface area contributed by atoms with Crippen molar-refractivity contribution in [3.05, 3.63) is 40.9 Å². The zero-order chi connectivity index (χ0) is 10.1. The summed E-state index contributed by atoms with van der Waals surface area (Å²) in [5.41, 5.74) is 7.95. The first-order valence-corrected chi connectivity index (χ1v) is 4.93. The molecule has 1 aliphatic rings. The Labute approximate surface area is 88.3 Å². The molecule has 0 fully saturated rings. The van der Waals surface area contributed by atoms with Gasteiger partial charge in [-0.05, 0) is 17.7 Å². The second-order valence-electron chi connectivity index (χ2n) is 3.34. The van der Waals surface area contributed by atoms with Gasteiger partial charge in [-0.15, -0.1) is 6.58 Å². The van der Waals surface area contributed by atoms with Crippen molar-refractivity contribution in [3.63, 3.8) is 0 Å². The van der Waals surface area contributed by atoms with Crippen molar-refractivity contribution in [2.45, 2.75) is 12.5 Å². The van der Waals surface area contributed by atoms with Gasteiger partial charge in [0.2, 0.25) is 0 Å². The third-order valence-corrected chi connectivity index (χ3v) is 2.61. The monoisotopic (exact) mass is 209 g/mol. The molecule has 0 aromatic heterocycles. The number of rotatable bonds is 2. The van der Waals surface area contributed by atoms with Gasteiger partial charge in [0.1, 0.15) is 5.75 Å². The van der Waals surface area contributed by atoms with E-state index >= 15 is 0 Å². The highest BCUT2D eigenvalue weighted by Crippen LogP contribution is 2.35. The van der Waals surface area contributed by atoms with Crippen LogP contribution < -0.4 is 10.5 Å². The molecule has 3 heteroatoms. The third-order valence-electron chi connectivity index (χ3n) is 2.39. The Bertz CT molecular complexity index is 376. The smallest absolute Gasteiger partial charge is 0.127 e. The van der Waals surface area contributed by atoms with Crippen LogP contribution in [-0.2, 0) is 6.42 Å². The molecule has 0 radical (unpaired) electrons. The Balaban J connectivity index is 2.53. The van der Waals surface area contributed by atoms with E-state index in [0.717, 1.165) is 23.3 Å². The summed E-state index contributed by atoms with van der Waals surface area (Å²) in [7, 11) is 0. The van der Waals surface area contributed by atoms with E-state index in [-0.39, 0.29) is 6.04 Å². The van der Waals surface area contributed by atoms with Crippen LogP contribution in [0, 0.1) is 0 Å². The molecule has 0 saturated carbocycles. The molecule has 0 spiro atoms. The van der Waals surface area contributed by atoms with E-state index in [4.69, 9.17) is 22.1 Å². The molecule has 1 aliphatic heterocycles. The van der Waals surface area contributed by atoms with Gasteiger partial charge in [0.15, 0.2) is 0 Å². The lowest BCUT2D eigenvalue weighted by Crippen LogP contribution is -2.08. The molecule has 1 aromatic carbocycles. The van der Waals surface area contributed by atoms with Crippen LogP contribution in [0.5, 0.6) is 5.75 Å². The summed E-state index contributed by atoms with van der Waals surface area (Å²) < 4.78 is 5.52. The Morgan fingerprint density at radius 3 is 3.07 bits per heavy atom. The van der Waals surface area contributed by atoms with Crippen molar-refractivity contribution < 1.29 is 4.74 Å². The van der Waals surface area contributed by atoms with Gasteiger partial charge in [0.05, 0.1) is 12.6 Å². The van der Waals surface area contributed by atoms with Crippen molar-refractivity contribution in [3.8, 4) is 5.75 Å². The van der Waals surface area contributed by atoms with Gasteiger partial charge in [-0.25, -0.2) is 0 Å². The van der Waals surface area contributed by atoms with E-state index in [1.54, 1.807) is 6.08 Å². The van der Waals surface area contributed by atoms with Gasteiger partial charge < -0.3 is 10.5 Å². The number of hydrogen-bond acceptors (Lipinski definition) is 2. The molecule has 0 amide bonds. The average Bonchev–Trinajstić information content (AvgIpc) is 2.62. The Morgan fingerprint density at radius 1 is 1.57 bits per heavy atom. The van der Waals surface area contributed by atoms with Crippen molar-refractivity contribution >= 4 is 11.6 Å². The third kappa shape index (κ3) is 1.51. The Kier molecular flexibility index (Phi) is 2.48. The van der Waals surface area contributed by atoms with E-state index in [1.807, 2.05) is 12.1 Å². The molecule has 2 nitrogen and oxygen atoms in total. The second-order valence-corrected chi connectivity index (χ2v) is 3.78. The average molecular weight is 210 g/mol. The summed E-state index contributed by atoms with van der Waals surface area (Å²) in [6.45, 7) is 4.38. The van der Waals surface area contributed by atoms with Crippen LogP contribution in [0.4, 0.5) is 0 Å². The summed E-state index contributed by atoms with van der Waals surface area (Å²) in [6, 6.07) is 3.57. The quantitative estimate of drug-likeness (QED) is 0.760. The summed E-state index contributed by atoms with van der Waals surface area (Å²) in [5.74, 6) is 0.891. The maximum atomic E-state index is 5.98. The fourth-order valence-electron chi connectivity index (χ4n) is 1.67. The molecule has 14 heavy (non-hydrogen) atoms. The van der Waals surface area contributed by atoms with Crippen molar-refractivity contribution in [2.24, 2.45) is 5.73 Å². The first-order chi connectivity index (χ1) is 6.72. The summed E-state index contributed by atoms with van der Waals surface area (Å²) in [6.07, 6.45) is 2.60. The van der Waals surface area contributed by atoms with E-state index < -0.39 is 0 Å². The van der Waals surface area contributed by atoms with Crippen LogP contribution in [0.3, 0.4) is 0 Å². The molecule has 1 atom stereocenters. The van der Waals surface area contributed by atoms with Crippen LogP contribution >= 0.6 is 11.6 Å². The molecule has 1 aromatic rings. The predicted molar refractivity (Wildman–Crippen MR) is 57.8 cm³/mol. The van der Waals surface area contributed by atoms with Gasteiger partial charge in [0.25, 0.3) is 0 Å². The SMILES string of the molecule is C=C[C@H](N)c1cc(Cl)cc2c1OCC2. The number of halogens is 1.